The molecule has 240 valence electrons. The van der Waals surface area contributed by atoms with Crippen molar-refractivity contribution >= 4 is 40.6 Å². The number of nitrogens with two attached hydrogens (primary N) is 1. The molecule has 0 bridgehead atoms. The fourth-order valence-electron chi connectivity index (χ4n) is 5.07. The average molecular weight is 628 g/mol. The van der Waals surface area contributed by atoms with Gasteiger partial charge in [-0.05, 0) is 29.2 Å². The predicted molar refractivity (Wildman–Crippen MR) is 171 cm³/mol. The molecule has 1 aromatic heterocycles. The Morgan fingerprint density at radius 1 is 0.652 bits per heavy atom. The van der Waals surface area contributed by atoms with Gasteiger partial charge in [-0.1, -0.05) is 78.9 Å². The molecule has 8 N–H and O–H groups in total. The zero-order valence-electron chi connectivity index (χ0n) is 25.0. The third-order valence-electron chi connectivity index (χ3n) is 7.55. The van der Waals surface area contributed by atoms with Crippen LogP contribution in [0.1, 0.15) is 29.5 Å². The van der Waals surface area contributed by atoms with Gasteiger partial charge < -0.3 is 36.9 Å². The van der Waals surface area contributed by atoms with E-state index in [2.05, 4.69) is 20.9 Å². The highest BCUT2D eigenvalue weighted by atomic mass is 16.4. The Morgan fingerprint density at radius 2 is 1.15 bits per heavy atom. The van der Waals surface area contributed by atoms with Crippen LogP contribution in [0.2, 0.25) is 0 Å². The van der Waals surface area contributed by atoms with Gasteiger partial charge in [-0.25, -0.2) is 4.79 Å². The van der Waals surface area contributed by atoms with Gasteiger partial charge in [0.1, 0.15) is 18.1 Å². The summed E-state index contributed by atoms with van der Waals surface area (Å²) in [6, 6.07) is 20.3. The Kier molecular flexibility index (Phi) is 11.6. The van der Waals surface area contributed by atoms with Gasteiger partial charge >= 0.3 is 11.9 Å². The molecule has 4 aromatic rings. The number of carbonyl (C=O) groups excluding carboxylic acids is 3. The van der Waals surface area contributed by atoms with Crippen molar-refractivity contribution in [3.05, 3.63) is 108 Å². The van der Waals surface area contributed by atoms with Crippen LogP contribution in [0.3, 0.4) is 0 Å². The summed E-state index contributed by atoms with van der Waals surface area (Å²) in [6.45, 7) is 0. The van der Waals surface area contributed by atoms with Gasteiger partial charge in [-0.2, -0.15) is 0 Å². The molecule has 0 aliphatic rings. The topological polar surface area (TPSA) is 204 Å². The van der Waals surface area contributed by atoms with Gasteiger partial charge in [0.2, 0.25) is 17.7 Å². The van der Waals surface area contributed by atoms with E-state index in [0.29, 0.717) is 16.7 Å². The third kappa shape index (κ3) is 9.50. The molecule has 0 saturated heterocycles. The lowest BCUT2D eigenvalue weighted by molar-refractivity contribution is -0.142. The summed E-state index contributed by atoms with van der Waals surface area (Å²) in [4.78, 5) is 66.8. The fourth-order valence-corrected chi connectivity index (χ4v) is 5.07. The van der Waals surface area contributed by atoms with E-state index in [1.54, 1.807) is 66.9 Å². The van der Waals surface area contributed by atoms with E-state index in [1.165, 1.54) is 0 Å². The number of benzene rings is 3. The van der Waals surface area contributed by atoms with E-state index in [1.807, 2.05) is 24.3 Å². The Hall–Kier alpha value is -5.49. The second kappa shape index (κ2) is 16.0. The first kappa shape index (κ1) is 33.4. The smallest absolute Gasteiger partial charge is 0.326 e. The fraction of sp³-hybridized carbons (Fsp3) is 0.265. The molecule has 0 radical (unpaired) electrons. The summed E-state index contributed by atoms with van der Waals surface area (Å²) in [5.74, 6) is -4.48. The molecule has 3 aromatic carbocycles. The van der Waals surface area contributed by atoms with Crippen LogP contribution >= 0.6 is 0 Å². The van der Waals surface area contributed by atoms with E-state index in [9.17, 15) is 29.1 Å². The molecule has 0 aliphatic heterocycles. The number of hydrogen-bond donors (Lipinski definition) is 7. The SMILES string of the molecule is NC(CCC(=O)O)C(=O)NC(Cc1c[nH]c2ccccc12)C(=O)NC(Cc1ccccc1)C(=O)NC(Cc1ccccc1)C(=O)O. The second-order valence-corrected chi connectivity index (χ2v) is 11.0. The molecular weight excluding hydrogens is 590 g/mol. The van der Waals surface area contributed by atoms with Crippen LogP contribution in [-0.2, 0) is 43.2 Å². The van der Waals surface area contributed by atoms with Crippen molar-refractivity contribution in [1.82, 2.24) is 20.9 Å². The maximum atomic E-state index is 13.9. The van der Waals surface area contributed by atoms with Crippen molar-refractivity contribution in [1.29, 1.82) is 0 Å². The lowest BCUT2D eigenvalue weighted by Gasteiger charge is -2.25. The largest absolute Gasteiger partial charge is 0.481 e. The molecule has 12 nitrogen and oxygen atoms in total. The summed E-state index contributed by atoms with van der Waals surface area (Å²) in [5.41, 5.74) is 8.90. The standard InChI is InChI=1S/C34H37N5O7/c35-25(15-16-30(40)41)31(42)37-28(19-23-20-36-26-14-8-7-13-24(23)26)33(44)38-27(17-21-9-3-1-4-10-21)32(43)39-29(34(45)46)18-22-11-5-2-6-12-22/h1-14,20,25,27-29,36H,15-19,35H2,(H,37,42)(H,38,44)(H,39,43)(H,40,41)(H,45,46). The molecule has 4 unspecified atom stereocenters. The lowest BCUT2D eigenvalue weighted by Crippen LogP contribution is -2.58. The minimum Gasteiger partial charge on any atom is -0.481 e. The number of carbonyl (C=O) groups is 5. The molecule has 4 rings (SSSR count). The maximum Gasteiger partial charge on any atom is 0.326 e. The minimum absolute atomic E-state index is 0.0265. The van der Waals surface area contributed by atoms with Gasteiger partial charge in [-0.3, -0.25) is 19.2 Å². The lowest BCUT2D eigenvalue weighted by atomic mass is 10.0. The molecule has 12 heteroatoms. The Bertz CT molecular complexity index is 1660. The normalized spacial score (nSPS) is 13.6. The quantitative estimate of drug-likeness (QED) is 0.0975. The zero-order valence-corrected chi connectivity index (χ0v) is 25.0. The molecule has 0 fully saturated rings. The minimum atomic E-state index is -1.26. The maximum absolute atomic E-state index is 13.9. The highest BCUT2D eigenvalue weighted by Gasteiger charge is 2.31. The number of para-hydroxylation sites is 1. The Morgan fingerprint density at radius 3 is 1.74 bits per heavy atom. The molecular formula is C34H37N5O7. The van der Waals surface area contributed by atoms with Crippen LogP contribution in [0, 0.1) is 0 Å². The number of nitrogens with one attached hydrogen (secondary N) is 4. The first-order valence-corrected chi connectivity index (χ1v) is 14.8. The van der Waals surface area contributed by atoms with Crippen molar-refractivity contribution in [3.63, 3.8) is 0 Å². The number of hydrogen-bond acceptors (Lipinski definition) is 6. The van der Waals surface area contributed by atoms with Gasteiger partial charge in [0.15, 0.2) is 0 Å². The van der Waals surface area contributed by atoms with Crippen LogP contribution in [-0.4, -0.2) is 69.0 Å². The molecule has 0 aliphatic carbocycles. The monoisotopic (exact) mass is 627 g/mol. The molecule has 0 spiro atoms. The molecule has 46 heavy (non-hydrogen) atoms. The number of H-pyrrole nitrogens is 1. The predicted octanol–water partition coefficient (Wildman–Crippen LogP) is 1.93. The summed E-state index contributed by atoms with van der Waals surface area (Å²) < 4.78 is 0. The summed E-state index contributed by atoms with van der Waals surface area (Å²) in [6.07, 6.45) is 1.35. The van der Waals surface area contributed by atoms with E-state index < -0.39 is 53.8 Å². The first-order valence-electron chi connectivity index (χ1n) is 14.8. The van der Waals surface area contributed by atoms with E-state index in [0.717, 1.165) is 10.9 Å². The summed E-state index contributed by atoms with van der Waals surface area (Å²) in [7, 11) is 0. The van der Waals surface area contributed by atoms with Crippen LogP contribution in [0.4, 0.5) is 0 Å². The number of aromatic amines is 1. The molecule has 4 atom stereocenters. The van der Waals surface area contributed by atoms with Gasteiger partial charge in [-0.15, -0.1) is 0 Å². The average Bonchev–Trinajstić information content (AvgIpc) is 3.46. The van der Waals surface area contributed by atoms with Crippen LogP contribution < -0.4 is 21.7 Å². The third-order valence-corrected chi connectivity index (χ3v) is 7.55. The number of carboxylic acid groups (broad SMARTS) is 2. The highest BCUT2D eigenvalue weighted by molar-refractivity contribution is 5.95. The van der Waals surface area contributed by atoms with Crippen molar-refractivity contribution in [2.75, 3.05) is 0 Å². The number of carboxylic acids is 2. The van der Waals surface area contributed by atoms with Crippen LogP contribution in [0.5, 0.6) is 0 Å². The van der Waals surface area contributed by atoms with E-state index in [4.69, 9.17) is 10.8 Å². The van der Waals surface area contributed by atoms with Gasteiger partial charge in [0.25, 0.3) is 0 Å². The second-order valence-electron chi connectivity index (χ2n) is 11.0. The molecule has 1 heterocycles. The number of aromatic nitrogens is 1. The number of amides is 3. The highest BCUT2D eigenvalue weighted by Crippen LogP contribution is 2.19. The molecule has 3 amide bonds. The van der Waals surface area contributed by atoms with Crippen molar-refractivity contribution in [3.8, 4) is 0 Å². The number of fused-ring (bicyclic) bond motifs is 1. The Balaban J connectivity index is 1.58. The zero-order chi connectivity index (χ0) is 33.1. The van der Waals surface area contributed by atoms with Crippen molar-refractivity contribution < 1.29 is 34.2 Å². The summed E-state index contributed by atoms with van der Waals surface area (Å²) in [5, 5.41) is 27.6. The summed E-state index contributed by atoms with van der Waals surface area (Å²) >= 11 is 0. The van der Waals surface area contributed by atoms with Crippen molar-refractivity contribution in [2.24, 2.45) is 5.73 Å². The van der Waals surface area contributed by atoms with Gasteiger partial charge in [0.05, 0.1) is 6.04 Å². The van der Waals surface area contributed by atoms with Crippen LogP contribution in [0.15, 0.2) is 91.1 Å². The molecule has 0 saturated carbocycles. The van der Waals surface area contributed by atoms with Crippen LogP contribution in [0.25, 0.3) is 10.9 Å². The Labute approximate surface area is 265 Å². The van der Waals surface area contributed by atoms with Crippen molar-refractivity contribution in [2.45, 2.75) is 56.3 Å². The number of aliphatic carboxylic acids is 2. The van der Waals surface area contributed by atoms with E-state index in [-0.39, 0.29) is 32.1 Å². The number of rotatable bonds is 16. The first-order chi connectivity index (χ1) is 22.1. The van der Waals surface area contributed by atoms with E-state index >= 15 is 0 Å². The van der Waals surface area contributed by atoms with Gasteiger partial charge in [0, 0.05) is 42.8 Å².